The molecule has 2 rings (SSSR count). The van der Waals surface area contributed by atoms with E-state index in [1.807, 2.05) is 32.1 Å². The topological polar surface area (TPSA) is 38.8 Å². The minimum Gasteiger partial charge on any atom is -0.493 e. The molecule has 4 nitrogen and oxygen atoms in total. The molecule has 0 unspecified atom stereocenters. The van der Waals surface area contributed by atoms with Crippen LogP contribution < -0.4 is 9.47 Å². The number of hydrogen-bond acceptors (Lipinski definition) is 5. The monoisotopic (exact) mass is 415 g/mol. The Kier molecular flexibility index (Phi) is 6.50. The average molecular weight is 416 g/mol. The molecule has 1 heterocycles. The maximum absolute atomic E-state index is 12.4. The van der Waals surface area contributed by atoms with Gasteiger partial charge in [-0.25, -0.2) is 0 Å². The van der Waals surface area contributed by atoms with E-state index in [0.29, 0.717) is 33.9 Å². The molecule has 124 valence electrons. The summed E-state index contributed by atoms with van der Waals surface area (Å²) in [6, 6.07) is 3.70. The van der Waals surface area contributed by atoms with E-state index in [9.17, 15) is 4.79 Å². The van der Waals surface area contributed by atoms with E-state index >= 15 is 0 Å². The van der Waals surface area contributed by atoms with E-state index in [-0.39, 0.29) is 5.91 Å². The average Bonchev–Trinajstić information content (AvgIpc) is 2.78. The number of amides is 1. The SMILES string of the molecule is CCCN1C(=O)/C(=C\c2cc(OC)c(OCC)cc2Br)SC1=S. The van der Waals surface area contributed by atoms with Crippen LogP contribution in [0.3, 0.4) is 0 Å². The first-order chi connectivity index (χ1) is 11.0. The second kappa shape index (κ2) is 8.17. The summed E-state index contributed by atoms with van der Waals surface area (Å²) in [7, 11) is 1.59. The molecule has 0 bridgehead atoms. The molecule has 1 aliphatic heterocycles. The van der Waals surface area contributed by atoms with Crippen LogP contribution in [0.4, 0.5) is 0 Å². The van der Waals surface area contributed by atoms with Gasteiger partial charge < -0.3 is 9.47 Å². The number of nitrogens with zero attached hydrogens (tertiary/aromatic N) is 1. The lowest BCUT2D eigenvalue weighted by molar-refractivity contribution is -0.122. The van der Waals surface area contributed by atoms with E-state index in [0.717, 1.165) is 16.5 Å². The fourth-order valence-electron chi connectivity index (χ4n) is 2.15. The molecule has 1 aliphatic rings. The Morgan fingerprint density at radius 2 is 2.09 bits per heavy atom. The van der Waals surface area contributed by atoms with Crippen molar-refractivity contribution >= 4 is 56.2 Å². The van der Waals surface area contributed by atoms with Gasteiger partial charge in [-0.15, -0.1) is 0 Å². The van der Waals surface area contributed by atoms with Gasteiger partial charge in [0, 0.05) is 11.0 Å². The number of thioether (sulfide) groups is 1. The molecule has 0 saturated carbocycles. The number of benzene rings is 1. The van der Waals surface area contributed by atoms with Gasteiger partial charge in [-0.05, 0) is 37.1 Å². The molecule has 1 aromatic carbocycles. The second-order valence-electron chi connectivity index (χ2n) is 4.79. The van der Waals surface area contributed by atoms with Gasteiger partial charge in [-0.3, -0.25) is 9.69 Å². The largest absolute Gasteiger partial charge is 0.493 e. The Bertz CT molecular complexity index is 661. The van der Waals surface area contributed by atoms with Gasteiger partial charge in [0.05, 0.1) is 18.6 Å². The number of methoxy groups -OCH3 is 1. The van der Waals surface area contributed by atoms with Gasteiger partial charge in [0.2, 0.25) is 0 Å². The van der Waals surface area contributed by atoms with Crippen LogP contribution in [0, 0.1) is 0 Å². The van der Waals surface area contributed by atoms with Crippen molar-refractivity contribution in [1.29, 1.82) is 0 Å². The number of hydrogen-bond donors (Lipinski definition) is 0. The van der Waals surface area contributed by atoms with Gasteiger partial charge in [-0.2, -0.15) is 0 Å². The normalized spacial score (nSPS) is 16.3. The first kappa shape index (κ1) is 18.3. The van der Waals surface area contributed by atoms with Gasteiger partial charge in [0.1, 0.15) is 4.32 Å². The van der Waals surface area contributed by atoms with Crippen LogP contribution in [0.1, 0.15) is 25.8 Å². The Morgan fingerprint density at radius 1 is 1.35 bits per heavy atom. The van der Waals surface area contributed by atoms with Gasteiger partial charge in [0.15, 0.2) is 11.5 Å². The quantitative estimate of drug-likeness (QED) is 0.506. The third kappa shape index (κ3) is 4.08. The first-order valence-corrected chi connectivity index (χ1v) is 9.29. The Hall–Kier alpha value is -1.05. The van der Waals surface area contributed by atoms with Crippen molar-refractivity contribution in [2.24, 2.45) is 0 Å². The molecular weight excluding hydrogens is 398 g/mol. The number of carbonyl (C=O) groups is 1. The fraction of sp³-hybridized carbons (Fsp3) is 0.375. The molecular formula is C16H18BrNO3S2. The van der Waals surface area contributed by atoms with Gasteiger partial charge in [-0.1, -0.05) is 46.8 Å². The summed E-state index contributed by atoms with van der Waals surface area (Å²) in [5.41, 5.74) is 0.849. The summed E-state index contributed by atoms with van der Waals surface area (Å²) < 4.78 is 12.4. The third-order valence-corrected chi connectivity index (χ3v) is 5.25. The molecule has 0 radical (unpaired) electrons. The van der Waals surface area contributed by atoms with Crippen LogP contribution in [0.2, 0.25) is 0 Å². The fourth-order valence-corrected chi connectivity index (χ4v) is 3.88. The van der Waals surface area contributed by atoms with Crippen LogP contribution in [0.15, 0.2) is 21.5 Å². The first-order valence-electron chi connectivity index (χ1n) is 7.27. The summed E-state index contributed by atoms with van der Waals surface area (Å²) in [5.74, 6) is 1.25. The van der Waals surface area contributed by atoms with Crippen molar-refractivity contribution in [1.82, 2.24) is 4.90 Å². The summed E-state index contributed by atoms with van der Waals surface area (Å²) in [6.45, 7) is 5.14. The Balaban J connectivity index is 2.36. The highest BCUT2D eigenvalue weighted by Crippen LogP contribution is 2.38. The maximum Gasteiger partial charge on any atom is 0.266 e. The van der Waals surface area contributed by atoms with E-state index in [4.69, 9.17) is 21.7 Å². The van der Waals surface area contributed by atoms with Crippen LogP contribution in [0.5, 0.6) is 11.5 Å². The molecule has 1 amide bonds. The van der Waals surface area contributed by atoms with Crippen molar-refractivity contribution in [3.05, 3.63) is 27.1 Å². The highest BCUT2D eigenvalue weighted by atomic mass is 79.9. The summed E-state index contributed by atoms with van der Waals surface area (Å²) in [5, 5.41) is 0. The van der Waals surface area contributed by atoms with E-state index in [2.05, 4.69) is 15.9 Å². The van der Waals surface area contributed by atoms with Crippen molar-refractivity contribution in [2.45, 2.75) is 20.3 Å². The molecule has 0 aromatic heterocycles. The second-order valence-corrected chi connectivity index (χ2v) is 7.32. The third-order valence-electron chi connectivity index (χ3n) is 3.19. The van der Waals surface area contributed by atoms with Gasteiger partial charge >= 0.3 is 0 Å². The molecule has 23 heavy (non-hydrogen) atoms. The minimum atomic E-state index is -0.0402. The molecule has 7 heteroatoms. The van der Waals surface area contributed by atoms with E-state index in [1.165, 1.54) is 11.8 Å². The van der Waals surface area contributed by atoms with E-state index in [1.54, 1.807) is 12.0 Å². The summed E-state index contributed by atoms with van der Waals surface area (Å²) >= 11 is 10.1. The lowest BCUT2D eigenvalue weighted by Crippen LogP contribution is -2.28. The zero-order chi connectivity index (χ0) is 17.0. The zero-order valence-corrected chi connectivity index (χ0v) is 16.4. The van der Waals surface area contributed by atoms with Crippen LogP contribution in [-0.4, -0.2) is 35.4 Å². The van der Waals surface area contributed by atoms with E-state index < -0.39 is 0 Å². The van der Waals surface area contributed by atoms with Crippen molar-refractivity contribution in [3.8, 4) is 11.5 Å². The smallest absolute Gasteiger partial charge is 0.266 e. The number of thiocarbonyl (C=S) groups is 1. The van der Waals surface area contributed by atoms with Crippen molar-refractivity contribution < 1.29 is 14.3 Å². The molecule has 0 atom stereocenters. The van der Waals surface area contributed by atoms with Crippen LogP contribution in [0.25, 0.3) is 6.08 Å². The molecule has 1 saturated heterocycles. The number of carbonyl (C=O) groups excluding carboxylic acids is 1. The van der Waals surface area contributed by atoms with Crippen LogP contribution in [-0.2, 0) is 4.79 Å². The Morgan fingerprint density at radius 3 is 2.70 bits per heavy atom. The predicted molar refractivity (Wildman–Crippen MR) is 102 cm³/mol. The van der Waals surface area contributed by atoms with Crippen molar-refractivity contribution in [3.63, 3.8) is 0 Å². The van der Waals surface area contributed by atoms with Crippen LogP contribution >= 0.6 is 39.9 Å². The summed E-state index contributed by atoms with van der Waals surface area (Å²) in [6.07, 6.45) is 2.71. The molecule has 1 fully saturated rings. The lowest BCUT2D eigenvalue weighted by atomic mass is 10.2. The summed E-state index contributed by atoms with van der Waals surface area (Å²) in [4.78, 5) is 14.7. The number of ether oxygens (including phenoxy) is 2. The number of rotatable bonds is 6. The molecule has 1 aromatic rings. The van der Waals surface area contributed by atoms with Crippen molar-refractivity contribution in [2.75, 3.05) is 20.3 Å². The molecule has 0 spiro atoms. The predicted octanol–water partition coefficient (Wildman–Crippen LogP) is 4.47. The highest BCUT2D eigenvalue weighted by molar-refractivity contribution is 9.10. The maximum atomic E-state index is 12.4. The Labute approximate surface area is 154 Å². The minimum absolute atomic E-state index is 0.0402. The zero-order valence-electron chi connectivity index (χ0n) is 13.2. The number of halogens is 1. The molecule has 0 aliphatic carbocycles. The highest BCUT2D eigenvalue weighted by Gasteiger charge is 2.31. The standard InChI is InChI=1S/C16H18BrNO3S2/c1-4-6-18-15(19)14(23-16(18)22)8-10-7-12(20-3)13(21-5-2)9-11(10)17/h7-9H,4-6H2,1-3H3/b14-8+. The van der Waals surface area contributed by atoms with Gasteiger partial charge in [0.25, 0.3) is 5.91 Å². The molecule has 0 N–H and O–H groups in total. The lowest BCUT2D eigenvalue weighted by Gasteiger charge is -2.12.